The molecule has 0 atom stereocenters. The van der Waals surface area contributed by atoms with Crippen LogP contribution in [0.1, 0.15) is 27.7 Å². The maximum Gasteiger partial charge on any atom is 0.315 e. The van der Waals surface area contributed by atoms with Crippen molar-refractivity contribution in [2.75, 3.05) is 13.2 Å². The Hall–Kier alpha value is -0.770. The average molecular weight is 176 g/mol. The molecule has 0 rings (SSSR count). The van der Waals surface area contributed by atoms with E-state index >= 15 is 0 Å². The van der Waals surface area contributed by atoms with E-state index in [0.717, 1.165) is 0 Å². The Kier molecular flexibility index (Phi) is 11.8. The van der Waals surface area contributed by atoms with Crippen molar-refractivity contribution in [3.05, 3.63) is 0 Å². The van der Waals surface area contributed by atoms with Crippen LogP contribution in [0.3, 0.4) is 0 Å². The van der Waals surface area contributed by atoms with Gasteiger partial charge < -0.3 is 15.7 Å². The fourth-order valence-corrected chi connectivity index (χ4v) is 0.483. The Labute approximate surface area is 74.4 Å². The SMILES string of the molecule is CC.CC(C)NC(=O)NCCO. The highest BCUT2D eigenvalue weighted by Gasteiger charge is 1.98. The lowest BCUT2D eigenvalue weighted by molar-refractivity contribution is 0.232. The van der Waals surface area contributed by atoms with Gasteiger partial charge in [0.1, 0.15) is 0 Å². The first-order valence-corrected chi connectivity index (χ1v) is 4.32. The van der Waals surface area contributed by atoms with Crippen LogP contribution in [-0.2, 0) is 0 Å². The first-order chi connectivity index (χ1) is 5.66. The van der Waals surface area contributed by atoms with Crippen LogP contribution in [0.4, 0.5) is 4.79 Å². The summed E-state index contributed by atoms with van der Waals surface area (Å²) in [6.07, 6.45) is 0. The Morgan fingerprint density at radius 1 is 1.42 bits per heavy atom. The zero-order valence-corrected chi connectivity index (χ0v) is 8.35. The molecular weight excluding hydrogens is 156 g/mol. The van der Waals surface area contributed by atoms with E-state index in [1.165, 1.54) is 0 Å². The molecule has 0 saturated heterocycles. The van der Waals surface area contributed by atoms with Gasteiger partial charge in [0.25, 0.3) is 0 Å². The number of carbonyl (C=O) groups excluding carboxylic acids is 1. The highest BCUT2D eigenvalue weighted by Crippen LogP contribution is 1.74. The van der Waals surface area contributed by atoms with Crippen molar-refractivity contribution in [2.45, 2.75) is 33.7 Å². The lowest BCUT2D eigenvalue weighted by Gasteiger charge is -2.08. The number of rotatable bonds is 3. The molecule has 0 aromatic rings. The smallest absolute Gasteiger partial charge is 0.315 e. The minimum Gasteiger partial charge on any atom is -0.395 e. The minimum absolute atomic E-state index is 0.0223. The summed E-state index contributed by atoms with van der Waals surface area (Å²) in [6.45, 7) is 8.03. The van der Waals surface area contributed by atoms with Gasteiger partial charge in [-0.2, -0.15) is 0 Å². The van der Waals surface area contributed by atoms with Gasteiger partial charge >= 0.3 is 6.03 Å². The number of nitrogens with one attached hydrogen (secondary N) is 2. The molecule has 74 valence electrons. The van der Waals surface area contributed by atoms with Crippen molar-refractivity contribution in [2.24, 2.45) is 0 Å². The maximum absolute atomic E-state index is 10.7. The fraction of sp³-hybridized carbons (Fsp3) is 0.875. The van der Waals surface area contributed by atoms with Gasteiger partial charge in [0.15, 0.2) is 0 Å². The third kappa shape index (κ3) is 12.0. The number of hydrogen-bond donors (Lipinski definition) is 3. The molecule has 0 aliphatic heterocycles. The van der Waals surface area contributed by atoms with Crippen LogP contribution in [0.25, 0.3) is 0 Å². The number of aliphatic hydroxyl groups is 1. The van der Waals surface area contributed by atoms with Gasteiger partial charge in [0.2, 0.25) is 0 Å². The van der Waals surface area contributed by atoms with Gasteiger partial charge in [-0.15, -0.1) is 0 Å². The number of urea groups is 1. The van der Waals surface area contributed by atoms with Gasteiger partial charge in [0.05, 0.1) is 6.61 Å². The molecule has 4 heteroatoms. The third-order valence-corrected chi connectivity index (χ3v) is 0.817. The first-order valence-electron chi connectivity index (χ1n) is 4.32. The lowest BCUT2D eigenvalue weighted by Crippen LogP contribution is -2.40. The molecule has 0 aliphatic rings. The van der Waals surface area contributed by atoms with Gasteiger partial charge in [-0.3, -0.25) is 0 Å². The molecule has 0 unspecified atom stereocenters. The molecule has 0 aliphatic carbocycles. The Bertz CT molecular complexity index is 105. The molecule has 0 bridgehead atoms. The monoisotopic (exact) mass is 176 g/mol. The summed E-state index contributed by atoms with van der Waals surface area (Å²) in [4.78, 5) is 10.7. The van der Waals surface area contributed by atoms with E-state index in [1.54, 1.807) is 0 Å². The Balaban J connectivity index is 0. The summed E-state index contributed by atoms with van der Waals surface area (Å²) in [6, 6.07) is -0.0947. The molecular formula is C8H20N2O2. The highest BCUT2D eigenvalue weighted by atomic mass is 16.3. The number of carbonyl (C=O) groups is 1. The number of amides is 2. The molecule has 0 spiro atoms. The largest absolute Gasteiger partial charge is 0.395 e. The molecule has 3 N–H and O–H groups in total. The quantitative estimate of drug-likeness (QED) is 0.593. The maximum atomic E-state index is 10.7. The first kappa shape index (κ1) is 13.8. The zero-order valence-electron chi connectivity index (χ0n) is 8.35. The molecule has 12 heavy (non-hydrogen) atoms. The van der Waals surface area contributed by atoms with Crippen molar-refractivity contribution < 1.29 is 9.90 Å². The highest BCUT2D eigenvalue weighted by molar-refractivity contribution is 5.73. The molecule has 0 aromatic carbocycles. The summed E-state index contributed by atoms with van der Waals surface area (Å²) < 4.78 is 0. The van der Waals surface area contributed by atoms with E-state index in [1.807, 2.05) is 27.7 Å². The van der Waals surface area contributed by atoms with Crippen LogP contribution < -0.4 is 10.6 Å². The molecule has 2 amide bonds. The molecule has 4 nitrogen and oxygen atoms in total. The second-order valence-electron chi connectivity index (χ2n) is 2.28. The minimum atomic E-state index is -0.232. The predicted octanol–water partition coefficient (Wildman–Crippen LogP) is 0.712. The van der Waals surface area contributed by atoms with Crippen molar-refractivity contribution in [1.29, 1.82) is 0 Å². The normalized spacial score (nSPS) is 8.50. The van der Waals surface area contributed by atoms with Crippen molar-refractivity contribution in [3.63, 3.8) is 0 Å². The van der Waals surface area contributed by atoms with Crippen molar-refractivity contribution in [3.8, 4) is 0 Å². The summed E-state index contributed by atoms with van der Waals surface area (Å²) in [5.41, 5.74) is 0. The van der Waals surface area contributed by atoms with Crippen LogP contribution in [0.5, 0.6) is 0 Å². The van der Waals surface area contributed by atoms with Crippen LogP contribution in [0.15, 0.2) is 0 Å². The number of hydrogen-bond acceptors (Lipinski definition) is 2. The standard InChI is InChI=1S/C6H14N2O2.C2H6/c1-5(2)8-6(10)7-3-4-9;1-2/h5,9H,3-4H2,1-2H3,(H2,7,8,10);1-2H3. The summed E-state index contributed by atoms with van der Waals surface area (Å²) in [5, 5.41) is 13.4. The summed E-state index contributed by atoms with van der Waals surface area (Å²) >= 11 is 0. The van der Waals surface area contributed by atoms with Crippen molar-refractivity contribution in [1.82, 2.24) is 10.6 Å². The molecule has 0 radical (unpaired) electrons. The molecule has 0 saturated carbocycles. The van der Waals surface area contributed by atoms with Crippen LogP contribution in [0, 0.1) is 0 Å². The number of aliphatic hydroxyl groups excluding tert-OH is 1. The van der Waals surface area contributed by atoms with Crippen molar-refractivity contribution >= 4 is 6.03 Å². The lowest BCUT2D eigenvalue weighted by atomic mass is 10.4. The third-order valence-electron chi connectivity index (χ3n) is 0.817. The van der Waals surface area contributed by atoms with E-state index in [9.17, 15) is 4.79 Å². The fourth-order valence-electron chi connectivity index (χ4n) is 0.483. The molecule has 0 fully saturated rings. The summed E-state index contributed by atoms with van der Waals surface area (Å²) in [7, 11) is 0. The van der Waals surface area contributed by atoms with Crippen LogP contribution >= 0.6 is 0 Å². The second kappa shape index (κ2) is 10.2. The Morgan fingerprint density at radius 3 is 2.25 bits per heavy atom. The van der Waals surface area contributed by atoms with Crippen LogP contribution in [-0.4, -0.2) is 30.3 Å². The van der Waals surface area contributed by atoms with Crippen LogP contribution in [0.2, 0.25) is 0 Å². The van der Waals surface area contributed by atoms with Gasteiger partial charge in [-0.25, -0.2) is 4.79 Å². The Morgan fingerprint density at radius 2 is 1.92 bits per heavy atom. The second-order valence-corrected chi connectivity index (χ2v) is 2.28. The van der Waals surface area contributed by atoms with Gasteiger partial charge in [-0.05, 0) is 13.8 Å². The average Bonchev–Trinajstić information content (AvgIpc) is 2.03. The van der Waals surface area contributed by atoms with E-state index in [4.69, 9.17) is 5.11 Å². The topological polar surface area (TPSA) is 61.4 Å². The predicted molar refractivity (Wildman–Crippen MR) is 50.1 cm³/mol. The zero-order chi connectivity index (χ0) is 9.98. The van der Waals surface area contributed by atoms with Gasteiger partial charge in [-0.1, -0.05) is 13.8 Å². The summed E-state index contributed by atoms with van der Waals surface area (Å²) in [5.74, 6) is 0. The molecule has 0 heterocycles. The van der Waals surface area contributed by atoms with E-state index in [-0.39, 0.29) is 18.7 Å². The van der Waals surface area contributed by atoms with Gasteiger partial charge in [0, 0.05) is 12.6 Å². The van der Waals surface area contributed by atoms with E-state index in [0.29, 0.717) is 6.54 Å². The van der Waals surface area contributed by atoms with E-state index in [2.05, 4.69) is 10.6 Å². The molecule has 0 aromatic heterocycles. The van der Waals surface area contributed by atoms with E-state index < -0.39 is 0 Å².